The van der Waals surface area contributed by atoms with E-state index in [0.717, 1.165) is 43.6 Å². The second-order valence-electron chi connectivity index (χ2n) is 9.63. The van der Waals surface area contributed by atoms with E-state index < -0.39 is 5.60 Å². The van der Waals surface area contributed by atoms with Crippen molar-refractivity contribution in [1.29, 1.82) is 0 Å². The molecular weight excluding hydrogens is 467 g/mol. The van der Waals surface area contributed by atoms with Gasteiger partial charge in [0.1, 0.15) is 11.6 Å². The van der Waals surface area contributed by atoms with E-state index in [-0.39, 0.29) is 11.7 Å². The predicted molar refractivity (Wildman–Crippen MR) is 145 cm³/mol. The van der Waals surface area contributed by atoms with Crippen molar-refractivity contribution in [2.45, 2.75) is 44.8 Å². The summed E-state index contributed by atoms with van der Waals surface area (Å²) in [6.45, 7) is 6.17. The quantitative estimate of drug-likeness (QED) is 0.325. The van der Waals surface area contributed by atoms with Crippen LogP contribution in [0.25, 0.3) is 11.1 Å². The lowest BCUT2D eigenvalue weighted by Gasteiger charge is -2.28. The fraction of sp³-hybridized carbons (Fsp3) is 0.387. The van der Waals surface area contributed by atoms with Crippen LogP contribution < -0.4 is 10.1 Å². The number of nitrogens with zero attached hydrogens (tertiary/aromatic N) is 1. The number of halogens is 1. The molecule has 0 aromatic heterocycles. The molecule has 0 aliphatic carbocycles. The Hall–Kier alpha value is -3.22. The fourth-order valence-electron chi connectivity index (χ4n) is 4.99. The number of carbonyl (C=O) groups is 1. The van der Waals surface area contributed by atoms with Crippen molar-refractivity contribution in [3.8, 4) is 16.9 Å². The Bertz CT molecular complexity index is 1140. The van der Waals surface area contributed by atoms with Gasteiger partial charge in [-0.3, -0.25) is 9.69 Å². The molecule has 3 aromatic rings. The van der Waals surface area contributed by atoms with Crippen LogP contribution in [0, 0.1) is 5.82 Å². The largest absolute Gasteiger partial charge is 0.496 e. The Balaban J connectivity index is 1.33. The fourth-order valence-corrected chi connectivity index (χ4v) is 4.99. The summed E-state index contributed by atoms with van der Waals surface area (Å²) in [7, 11) is 1.58. The minimum absolute atomic E-state index is 0.0352. The summed E-state index contributed by atoms with van der Waals surface area (Å²) in [4.78, 5) is 15.7. The van der Waals surface area contributed by atoms with Crippen molar-refractivity contribution in [3.63, 3.8) is 0 Å². The molecule has 0 spiro atoms. The van der Waals surface area contributed by atoms with E-state index in [9.17, 15) is 9.18 Å². The van der Waals surface area contributed by atoms with Crippen LogP contribution in [0.3, 0.4) is 0 Å². The molecule has 4 rings (SSSR count). The van der Waals surface area contributed by atoms with Gasteiger partial charge >= 0.3 is 0 Å². The zero-order valence-electron chi connectivity index (χ0n) is 21.8. The van der Waals surface area contributed by atoms with E-state index in [1.54, 1.807) is 13.2 Å². The molecule has 196 valence electrons. The second kappa shape index (κ2) is 12.8. The SMILES string of the molecule is CCN(CCCNC(=O)[C@@]1(Cc2ccc(-c3cc(F)ccc3OC)cc2)CCCO1)Cc1ccccc1. The number of nitrogens with one attached hydrogen (secondary N) is 1. The third-order valence-corrected chi connectivity index (χ3v) is 7.07. The van der Waals surface area contributed by atoms with Crippen molar-refractivity contribution in [3.05, 3.63) is 89.7 Å². The average molecular weight is 505 g/mol. The third-order valence-electron chi connectivity index (χ3n) is 7.07. The van der Waals surface area contributed by atoms with Crippen LogP contribution in [0.1, 0.15) is 37.3 Å². The molecule has 0 unspecified atom stereocenters. The first-order chi connectivity index (χ1) is 18.0. The van der Waals surface area contributed by atoms with Crippen molar-refractivity contribution in [1.82, 2.24) is 10.2 Å². The normalized spacial score (nSPS) is 17.2. The number of rotatable bonds is 12. The number of carbonyl (C=O) groups excluding carboxylic acids is 1. The van der Waals surface area contributed by atoms with E-state index in [2.05, 4.69) is 41.4 Å². The van der Waals surface area contributed by atoms with Crippen molar-refractivity contribution in [2.24, 2.45) is 0 Å². The van der Waals surface area contributed by atoms with Crippen LogP contribution in [-0.2, 0) is 22.5 Å². The van der Waals surface area contributed by atoms with Crippen molar-refractivity contribution < 1.29 is 18.7 Å². The molecule has 1 amide bonds. The maximum atomic E-state index is 13.8. The second-order valence-corrected chi connectivity index (χ2v) is 9.63. The lowest BCUT2D eigenvalue weighted by Crippen LogP contribution is -2.48. The topological polar surface area (TPSA) is 50.8 Å². The van der Waals surface area contributed by atoms with Crippen LogP contribution >= 0.6 is 0 Å². The van der Waals surface area contributed by atoms with Gasteiger partial charge in [-0.15, -0.1) is 0 Å². The molecule has 1 fully saturated rings. The van der Waals surface area contributed by atoms with Gasteiger partial charge in [0, 0.05) is 38.2 Å². The Morgan fingerprint density at radius 1 is 1.08 bits per heavy atom. The number of methoxy groups -OCH3 is 1. The summed E-state index contributed by atoms with van der Waals surface area (Å²) in [5, 5.41) is 3.14. The Labute approximate surface area is 219 Å². The number of hydrogen-bond donors (Lipinski definition) is 1. The molecule has 1 heterocycles. The molecule has 1 aliphatic heterocycles. The highest BCUT2D eigenvalue weighted by Gasteiger charge is 2.42. The minimum Gasteiger partial charge on any atom is -0.496 e. The van der Waals surface area contributed by atoms with Gasteiger partial charge in [0.2, 0.25) is 0 Å². The number of amides is 1. The van der Waals surface area contributed by atoms with E-state index >= 15 is 0 Å². The highest BCUT2D eigenvalue weighted by molar-refractivity contribution is 5.86. The summed E-state index contributed by atoms with van der Waals surface area (Å²) >= 11 is 0. The predicted octanol–water partition coefficient (Wildman–Crippen LogP) is 5.62. The van der Waals surface area contributed by atoms with E-state index in [4.69, 9.17) is 9.47 Å². The first-order valence-electron chi connectivity index (χ1n) is 13.1. The molecule has 6 heteroatoms. The van der Waals surface area contributed by atoms with Gasteiger partial charge in [0.15, 0.2) is 5.60 Å². The lowest BCUT2D eigenvalue weighted by atomic mass is 9.89. The maximum Gasteiger partial charge on any atom is 0.252 e. The standard InChI is InChI=1S/C31H37FN2O3/c1-3-34(23-25-9-5-4-6-10-25)19-8-18-33-30(35)31(17-7-20-37-31)22-24-11-13-26(14-12-24)28-21-27(32)15-16-29(28)36-2/h4-6,9-16,21H,3,7-8,17-20,22-23H2,1-2H3,(H,33,35)/t31-/m0/s1. The molecule has 3 aromatic carbocycles. The zero-order valence-corrected chi connectivity index (χ0v) is 21.8. The van der Waals surface area contributed by atoms with Crippen LogP contribution in [0.4, 0.5) is 4.39 Å². The van der Waals surface area contributed by atoms with E-state index in [0.29, 0.717) is 37.3 Å². The molecular formula is C31H37FN2O3. The molecule has 0 bridgehead atoms. The van der Waals surface area contributed by atoms with Crippen molar-refractivity contribution in [2.75, 3.05) is 33.4 Å². The van der Waals surface area contributed by atoms with Gasteiger partial charge < -0.3 is 14.8 Å². The number of benzene rings is 3. The van der Waals surface area contributed by atoms with Gasteiger partial charge in [-0.1, -0.05) is 61.5 Å². The van der Waals surface area contributed by atoms with E-state index in [1.165, 1.54) is 17.7 Å². The van der Waals surface area contributed by atoms with Gasteiger partial charge in [0.05, 0.1) is 7.11 Å². The smallest absolute Gasteiger partial charge is 0.252 e. The molecule has 37 heavy (non-hydrogen) atoms. The first kappa shape index (κ1) is 26.8. The summed E-state index contributed by atoms with van der Waals surface area (Å²) in [6.07, 6.45) is 2.96. The van der Waals surface area contributed by atoms with Gasteiger partial charge in [-0.05, 0) is 60.7 Å². The van der Waals surface area contributed by atoms with Crippen LogP contribution in [-0.4, -0.2) is 49.8 Å². The molecule has 1 saturated heterocycles. The highest BCUT2D eigenvalue weighted by atomic mass is 19.1. The summed E-state index contributed by atoms with van der Waals surface area (Å²) in [5.74, 6) is 0.276. The molecule has 0 saturated carbocycles. The lowest BCUT2D eigenvalue weighted by molar-refractivity contribution is -0.141. The maximum absolute atomic E-state index is 13.8. The highest BCUT2D eigenvalue weighted by Crippen LogP contribution is 2.33. The Kier molecular flexibility index (Phi) is 9.31. The first-order valence-corrected chi connectivity index (χ1v) is 13.1. The van der Waals surface area contributed by atoms with E-state index in [1.807, 2.05) is 30.3 Å². The van der Waals surface area contributed by atoms with Crippen LogP contribution in [0.15, 0.2) is 72.8 Å². The summed E-state index contributed by atoms with van der Waals surface area (Å²) < 4.78 is 25.3. The number of ether oxygens (including phenoxy) is 2. The molecule has 1 N–H and O–H groups in total. The average Bonchev–Trinajstić information content (AvgIpc) is 3.41. The minimum atomic E-state index is -0.841. The molecule has 5 nitrogen and oxygen atoms in total. The zero-order chi connectivity index (χ0) is 26.1. The molecule has 0 radical (unpaired) electrons. The van der Waals surface area contributed by atoms with Gasteiger partial charge in [-0.2, -0.15) is 0 Å². The van der Waals surface area contributed by atoms with Crippen molar-refractivity contribution >= 4 is 5.91 Å². The molecule has 1 aliphatic rings. The van der Waals surface area contributed by atoms with Gasteiger partial charge in [0.25, 0.3) is 5.91 Å². The summed E-state index contributed by atoms with van der Waals surface area (Å²) in [6, 6.07) is 22.8. The van der Waals surface area contributed by atoms with Crippen LogP contribution in [0.5, 0.6) is 5.75 Å². The molecule has 1 atom stereocenters. The Morgan fingerprint density at radius 2 is 1.86 bits per heavy atom. The Morgan fingerprint density at radius 3 is 2.54 bits per heavy atom. The van der Waals surface area contributed by atoms with Crippen LogP contribution in [0.2, 0.25) is 0 Å². The van der Waals surface area contributed by atoms with Gasteiger partial charge in [-0.25, -0.2) is 4.39 Å². The number of hydrogen-bond acceptors (Lipinski definition) is 4. The third kappa shape index (κ3) is 6.96. The summed E-state index contributed by atoms with van der Waals surface area (Å²) in [5.41, 5.74) is 3.03. The monoisotopic (exact) mass is 504 g/mol.